The van der Waals surface area contributed by atoms with Crippen LogP contribution in [0.2, 0.25) is 0 Å². The molecule has 3 aromatic rings. The first kappa shape index (κ1) is 25.4. The first-order chi connectivity index (χ1) is 17.5. The van der Waals surface area contributed by atoms with Gasteiger partial charge in [-0.05, 0) is 55.0 Å². The minimum absolute atomic E-state index is 0.0778. The average Bonchev–Trinajstić information content (AvgIpc) is 3.57. The molecule has 4 rings (SSSR count). The standard InChI is InChI=1S/C28H36N4O4/c1-4-14-32(27(33)5-2)20-23-7-6-15-31(23)21-25-12-13-26(36-25)28(34)30-18-16-29(17-19-30)22-8-10-24(35-3)11-9-22/h6-13,15H,4-5,14,16-21H2,1-3H3. The van der Waals surface area contributed by atoms with Gasteiger partial charge in [-0.25, -0.2) is 0 Å². The maximum Gasteiger partial charge on any atom is 0.289 e. The number of rotatable bonds is 10. The summed E-state index contributed by atoms with van der Waals surface area (Å²) in [7, 11) is 1.66. The lowest BCUT2D eigenvalue weighted by Crippen LogP contribution is -2.48. The lowest BCUT2D eigenvalue weighted by atomic mass is 10.2. The fourth-order valence-corrected chi connectivity index (χ4v) is 4.59. The summed E-state index contributed by atoms with van der Waals surface area (Å²) >= 11 is 0. The Kier molecular flexibility index (Phi) is 8.36. The highest BCUT2D eigenvalue weighted by molar-refractivity contribution is 5.91. The minimum atomic E-state index is -0.0778. The number of benzene rings is 1. The van der Waals surface area contributed by atoms with Crippen LogP contribution < -0.4 is 9.64 Å². The van der Waals surface area contributed by atoms with Crippen LogP contribution in [0.5, 0.6) is 5.75 Å². The highest BCUT2D eigenvalue weighted by atomic mass is 16.5. The normalized spacial score (nSPS) is 13.6. The monoisotopic (exact) mass is 492 g/mol. The number of anilines is 1. The number of carbonyl (C=O) groups excluding carboxylic acids is 2. The molecule has 1 aromatic carbocycles. The quantitative estimate of drug-likeness (QED) is 0.423. The van der Waals surface area contributed by atoms with Crippen molar-refractivity contribution >= 4 is 17.5 Å². The van der Waals surface area contributed by atoms with E-state index in [2.05, 4.69) is 16.4 Å². The van der Waals surface area contributed by atoms with Crippen molar-refractivity contribution in [2.24, 2.45) is 0 Å². The van der Waals surface area contributed by atoms with Crippen LogP contribution in [0.25, 0.3) is 0 Å². The van der Waals surface area contributed by atoms with Crippen LogP contribution in [0.1, 0.15) is 48.7 Å². The molecule has 0 radical (unpaired) electrons. The number of methoxy groups -OCH3 is 1. The predicted molar refractivity (Wildman–Crippen MR) is 139 cm³/mol. The van der Waals surface area contributed by atoms with Gasteiger partial charge < -0.3 is 28.4 Å². The summed E-state index contributed by atoms with van der Waals surface area (Å²) in [6.45, 7) is 8.61. The van der Waals surface area contributed by atoms with E-state index in [1.165, 1.54) is 0 Å². The molecule has 192 valence electrons. The number of nitrogens with zero attached hydrogens (tertiary/aromatic N) is 4. The van der Waals surface area contributed by atoms with Gasteiger partial charge in [-0.3, -0.25) is 9.59 Å². The Morgan fingerprint density at radius 3 is 2.42 bits per heavy atom. The van der Waals surface area contributed by atoms with Crippen LogP contribution in [0.3, 0.4) is 0 Å². The van der Waals surface area contributed by atoms with Crippen molar-refractivity contribution in [1.82, 2.24) is 14.4 Å². The highest BCUT2D eigenvalue weighted by Gasteiger charge is 2.24. The number of hydrogen-bond acceptors (Lipinski definition) is 5. The van der Waals surface area contributed by atoms with Gasteiger partial charge in [-0.15, -0.1) is 0 Å². The molecule has 2 aromatic heterocycles. The molecule has 8 nitrogen and oxygen atoms in total. The maximum atomic E-state index is 13.1. The number of carbonyl (C=O) groups is 2. The molecule has 36 heavy (non-hydrogen) atoms. The summed E-state index contributed by atoms with van der Waals surface area (Å²) in [6.07, 6.45) is 3.40. The van der Waals surface area contributed by atoms with E-state index in [1.807, 2.05) is 65.4 Å². The van der Waals surface area contributed by atoms with E-state index in [4.69, 9.17) is 9.15 Å². The van der Waals surface area contributed by atoms with Gasteiger partial charge in [-0.2, -0.15) is 0 Å². The maximum absolute atomic E-state index is 13.1. The fourth-order valence-electron chi connectivity index (χ4n) is 4.59. The van der Waals surface area contributed by atoms with E-state index < -0.39 is 0 Å². The molecule has 1 aliphatic heterocycles. The van der Waals surface area contributed by atoms with Gasteiger partial charge in [0.25, 0.3) is 5.91 Å². The Morgan fingerprint density at radius 1 is 1.00 bits per heavy atom. The van der Waals surface area contributed by atoms with Crippen molar-refractivity contribution in [2.75, 3.05) is 44.7 Å². The topological polar surface area (TPSA) is 71.2 Å². The van der Waals surface area contributed by atoms with Gasteiger partial charge in [0, 0.05) is 56.7 Å². The summed E-state index contributed by atoms with van der Waals surface area (Å²) in [5.41, 5.74) is 2.17. The van der Waals surface area contributed by atoms with Crippen molar-refractivity contribution in [3.8, 4) is 5.75 Å². The predicted octanol–water partition coefficient (Wildman–Crippen LogP) is 4.25. The Labute approximate surface area is 213 Å². The van der Waals surface area contributed by atoms with E-state index in [9.17, 15) is 9.59 Å². The number of hydrogen-bond donors (Lipinski definition) is 0. The van der Waals surface area contributed by atoms with Crippen LogP contribution in [0.15, 0.2) is 59.1 Å². The summed E-state index contributed by atoms with van der Waals surface area (Å²) in [4.78, 5) is 31.4. The van der Waals surface area contributed by atoms with Crippen LogP contribution >= 0.6 is 0 Å². The lowest BCUT2D eigenvalue weighted by molar-refractivity contribution is -0.131. The van der Waals surface area contributed by atoms with Gasteiger partial charge in [-0.1, -0.05) is 13.8 Å². The largest absolute Gasteiger partial charge is 0.497 e. The van der Waals surface area contributed by atoms with E-state index >= 15 is 0 Å². The van der Waals surface area contributed by atoms with Crippen molar-refractivity contribution in [2.45, 2.75) is 39.8 Å². The number of furan rings is 1. The molecular weight excluding hydrogens is 456 g/mol. The van der Waals surface area contributed by atoms with Crippen molar-refractivity contribution < 1.29 is 18.7 Å². The molecule has 0 spiro atoms. The van der Waals surface area contributed by atoms with E-state index in [0.717, 1.165) is 48.9 Å². The molecule has 3 heterocycles. The zero-order valence-corrected chi connectivity index (χ0v) is 21.5. The molecule has 0 aliphatic carbocycles. The summed E-state index contributed by atoms with van der Waals surface area (Å²) in [6, 6.07) is 15.6. The average molecular weight is 493 g/mol. The number of ether oxygens (including phenoxy) is 1. The second kappa shape index (κ2) is 11.8. The van der Waals surface area contributed by atoms with Gasteiger partial charge in [0.15, 0.2) is 5.76 Å². The summed E-state index contributed by atoms with van der Waals surface area (Å²) in [5, 5.41) is 0. The van der Waals surface area contributed by atoms with Crippen molar-refractivity contribution in [3.63, 3.8) is 0 Å². The molecule has 0 unspecified atom stereocenters. The molecule has 1 aliphatic rings. The molecule has 0 atom stereocenters. The second-order valence-electron chi connectivity index (χ2n) is 9.04. The zero-order valence-electron chi connectivity index (χ0n) is 21.5. The second-order valence-corrected chi connectivity index (χ2v) is 9.04. The van der Waals surface area contributed by atoms with E-state index in [-0.39, 0.29) is 11.8 Å². The van der Waals surface area contributed by atoms with Crippen LogP contribution in [0.4, 0.5) is 5.69 Å². The third-order valence-corrected chi connectivity index (χ3v) is 6.63. The Morgan fingerprint density at radius 2 is 1.75 bits per heavy atom. The molecule has 2 amide bonds. The Balaban J connectivity index is 1.34. The molecule has 1 fully saturated rings. The Bertz CT molecular complexity index is 1140. The van der Waals surface area contributed by atoms with E-state index in [0.29, 0.717) is 38.4 Å². The SMILES string of the molecule is CCCN(Cc1cccn1Cc1ccc(C(=O)N2CCN(c3ccc(OC)cc3)CC2)o1)C(=O)CC. The third kappa shape index (κ3) is 5.93. The minimum Gasteiger partial charge on any atom is -0.497 e. The number of piperazine rings is 1. The van der Waals surface area contributed by atoms with Gasteiger partial charge in [0.2, 0.25) is 5.91 Å². The molecule has 0 saturated carbocycles. The number of aromatic nitrogens is 1. The van der Waals surface area contributed by atoms with Gasteiger partial charge in [0.05, 0.1) is 20.2 Å². The fraction of sp³-hybridized carbons (Fsp3) is 0.429. The number of amides is 2. The van der Waals surface area contributed by atoms with Gasteiger partial charge >= 0.3 is 0 Å². The first-order valence-electron chi connectivity index (χ1n) is 12.7. The zero-order chi connectivity index (χ0) is 25.5. The van der Waals surface area contributed by atoms with Crippen LogP contribution in [-0.2, 0) is 17.9 Å². The molecule has 0 N–H and O–H groups in total. The highest BCUT2D eigenvalue weighted by Crippen LogP contribution is 2.22. The summed E-state index contributed by atoms with van der Waals surface area (Å²) < 4.78 is 13.3. The van der Waals surface area contributed by atoms with Crippen molar-refractivity contribution in [3.05, 3.63) is 71.9 Å². The smallest absolute Gasteiger partial charge is 0.289 e. The lowest BCUT2D eigenvalue weighted by Gasteiger charge is -2.35. The van der Waals surface area contributed by atoms with Crippen LogP contribution in [-0.4, -0.2) is 66.0 Å². The van der Waals surface area contributed by atoms with Gasteiger partial charge in [0.1, 0.15) is 11.5 Å². The van der Waals surface area contributed by atoms with Crippen molar-refractivity contribution in [1.29, 1.82) is 0 Å². The first-order valence-corrected chi connectivity index (χ1v) is 12.7. The van der Waals surface area contributed by atoms with Crippen LogP contribution in [0, 0.1) is 0 Å². The Hall–Kier alpha value is -3.68. The summed E-state index contributed by atoms with van der Waals surface area (Å²) in [5.74, 6) is 2.00. The molecule has 1 saturated heterocycles. The molecule has 0 bridgehead atoms. The third-order valence-electron chi connectivity index (χ3n) is 6.63. The molecule has 8 heteroatoms. The van der Waals surface area contributed by atoms with E-state index in [1.54, 1.807) is 13.2 Å². The molecular formula is C28H36N4O4.